The van der Waals surface area contributed by atoms with E-state index < -0.39 is 11.5 Å². The van der Waals surface area contributed by atoms with Gasteiger partial charge in [0.15, 0.2) is 0 Å². The van der Waals surface area contributed by atoms with Crippen molar-refractivity contribution in [3.63, 3.8) is 0 Å². The average Bonchev–Trinajstić information content (AvgIpc) is 2.92. The SMILES string of the molecule is CC1(C)CCSCC1(NC1CC1)C(=O)O. The molecule has 0 aromatic heterocycles. The quantitative estimate of drug-likeness (QED) is 0.773. The molecule has 0 spiro atoms. The van der Waals surface area contributed by atoms with Gasteiger partial charge in [0, 0.05) is 11.8 Å². The summed E-state index contributed by atoms with van der Waals surface area (Å²) in [5.74, 6) is 1.10. The Balaban J connectivity index is 2.24. The predicted octanol–water partition coefficient (Wildman–Crippen LogP) is 1.72. The van der Waals surface area contributed by atoms with E-state index in [1.165, 1.54) is 0 Å². The van der Waals surface area contributed by atoms with Crippen molar-refractivity contribution in [3.8, 4) is 0 Å². The highest BCUT2D eigenvalue weighted by Crippen LogP contribution is 2.44. The van der Waals surface area contributed by atoms with Gasteiger partial charge in [-0.2, -0.15) is 11.8 Å². The molecule has 2 rings (SSSR count). The van der Waals surface area contributed by atoms with Crippen molar-refractivity contribution in [2.75, 3.05) is 11.5 Å². The molecule has 2 aliphatic rings. The van der Waals surface area contributed by atoms with Crippen LogP contribution in [-0.4, -0.2) is 34.2 Å². The van der Waals surface area contributed by atoms with Crippen LogP contribution < -0.4 is 5.32 Å². The van der Waals surface area contributed by atoms with Gasteiger partial charge in [-0.25, -0.2) is 0 Å². The molecule has 1 saturated carbocycles. The lowest BCUT2D eigenvalue weighted by Crippen LogP contribution is -2.65. The van der Waals surface area contributed by atoms with Crippen molar-refractivity contribution >= 4 is 17.7 Å². The second-order valence-electron chi connectivity index (χ2n) is 5.32. The minimum atomic E-state index is -0.711. The van der Waals surface area contributed by atoms with Gasteiger partial charge in [0.25, 0.3) is 0 Å². The molecule has 0 radical (unpaired) electrons. The smallest absolute Gasteiger partial charge is 0.325 e. The summed E-state index contributed by atoms with van der Waals surface area (Å²) in [7, 11) is 0. The van der Waals surface area contributed by atoms with Crippen molar-refractivity contribution in [2.24, 2.45) is 5.41 Å². The predicted molar refractivity (Wildman–Crippen MR) is 62.2 cm³/mol. The number of carboxylic acid groups (broad SMARTS) is 1. The van der Waals surface area contributed by atoms with Crippen LogP contribution in [0.2, 0.25) is 0 Å². The van der Waals surface area contributed by atoms with Gasteiger partial charge in [0.05, 0.1) is 0 Å². The number of hydrogen-bond donors (Lipinski definition) is 2. The van der Waals surface area contributed by atoms with Crippen LogP contribution >= 0.6 is 11.8 Å². The summed E-state index contributed by atoms with van der Waals surface area (Å²) in [6.07, 6.45) is 3.25. The van der Waals surface area contributed by atoms with Crippen LogP contribution in [0, 0.1) is 5.41 Å². The molecular weight excluding hydrogens is 210 g/mol. The molecule has 1 saturated heterocycles. The molecule has 15 heavy (non-hydrogen) atoms. The van der Waals surface area contributed by atoms with Gasteiger partial charge >= 0.3 is 5.97 Å². The van der Waals surface area contributed by atoms with Crippen LogP contribution in [0.1, 0.15) is 33.1 Å². The van der Waals surface area contributed by atoms with Gasteiger partial charge in [0.1, 0.15) is 5.54 Å². The molecule has 1 aliphatic heterocycles. The largest absolute Gasteiger partial charge is 0.480 e. The zero-order chi connectivity index (χ0) is 11.1. The number of rotatable bonds is 3. The first kappa shape index (κ1) is 11.3. The van der Waals surface area contributed by atoms with Gasteiger partial charge in [-0.3, -0.25) is 10.1 Å². The van der Waals surface area contributed by atoms with Crippen molar-refractivity contribution in [2.45, 2.75) is 44.7 Å². The third-order valence-electron chi connectivity index (χ3n) is 3.74. The zero-order valence-corrected chi connectivity index (χ0v) is 10.2. The van der Waals surface area contributed by atoms with E-state index in [1.807, 2.05) is 0 Å². The maximum absolute atomic E-state index is 11.6. The van der Waals surface area contributed by atoms with Crippen LogP contribution in [0.15, 0.2) is 0 Å². The topological polar surface area (TPSA) is 49.3 Å². The van der Waals surface area contributed by atoms with Gasteiger partial charge in [-0.05, 0) is 30.4 Å². The number of carbonyl (C=O) groups is 1. The van der Waals surface area contributed by atoms with Gasteiger partial charge in [0.2, 0.25) is 0 Å². The minimum absolute atomic E-state index is 0.146. The maximum atomic E-state index is 11.6. The van der Waals surface area contributed by atoms with E-state index in [1.54, 1.807) is 11.8 Å². The fourth-order valence-corrected chi connectivity index (χ4v) is 3.89. The summed E-state index contributed by atoms with van der Waals surface area (Å²) in [6.45, 7) is 4.16. The minimum Gasteiger partial charge on any atom is -0.480 e. The van der Waals surface area contributed by atoms with E-state index in [0.29, 0.717) is 11.8 Å². The number of thioether (sulfide) groups is 1. The Morgan fingerprint density at radius 1 is 1.47 bits per heavy atom. The monoisotopic (exact) mass is 229 g/mol. The molecule has 0 aromatic carbocycles. The molecule has 2 fully saturated rings. The van der Waals surface area contributed by atoms with Crippen LogP contribution in [0.5, 0.6) is 0 Å². The van der Waals surface area contributed by atoms with E-state index >= 15 is 0 Å². The van der Waals surface area contributed by atoms with Gasteiger partial charge < -0.3 is 5.11 Å². The fraction of sp³-hybridized carbons (Fsp3) is 0.909. The van der Waals surface area contributed by atoms with Crippen LogP contribution in [0.3, 0.4) is 0 Å². The highest BCUT2D eigenvalue weighted by molar-refractivity contribution is 7.99. The zero-order valence-electron chi connectivity index (χ0n) is 9.38. The third kappa shape index (κ3) is 1.89. The van der Waals surface area contributed by atoms with Crippen molar-refractivity contribution in [1.82, 2.24) is 5.32 Å². The van der Waals surface area contributed by atoms with E-state index in [4.69, 9.17) is 0 Å². The van der Waals surface area contributed by atoms with E-state index in [9.17, 15) is 9.90 Å². The Kier molecular flexibility index (Phi) is 2.75. The number of aliphatic carboxylic acids is 1. The third-order valence-corrected chi connectivity index (χ3v) is 4.87. The standard InChI is InChI=1S/C11H19NO2S/c1-10(2)5-6-15-7-11(10,9(13)14)12-8-3-4-8/h8,12H,3-7H2,1-2H3,(H,13,14). The van der Waals surface area contributed by atoms with Gasteiger partial charge in [-0.15, -0.1) is 0 Å². The summed E-state index contributed by atoms with van der Waals surface area (Å²) in [6, 6.07) is 0.444. The molecular formula is C11H19NO2S. The molecule has 1 atom stereocenters. The Labute approximate surface area is 95.0 Å². The Morgan fingerprint density at radius 2 is 2.13 bits per heavy atom. The first-order valence-corrected chi connectivity index (χ1v) is 6.72. The number of nitrogens with one attached hydrogen (secondary N) is 1. The number of hydrogen-bond acceptors (Lipinski definition) is 3. The van der Waals surface area contributed by atoms with Crippen molar-refractivity contribution in [1.29, 1.82) is 0 Å². The Morgan fingerprint density at radius 3 is 2.60 bits per heavy atom. The Hall–Kier alpha value is -0.220. The maximum Gasteiger partial charge on any atom is 0.325 e. The summed E-state index contributed by atoms with van der Waals surface area (Å²) in [4.78, 5) is 11.6. The lowest BCUT2D eigenvalue weighted by atomic mass is 9.70. The average molecular weight is 229 g/mol. The molecule has 86 valence electrons. The molecule has 1 heterocycles. The first-order valence-electron chi connectivity index (χ1n) is 5.57. The summed E-state index contributed by atoms with van der Waals surface area (Å²) < 4.78 is 0. The van der Waals surface area contributed by atoms with E-state index in [-0.39, 0.29) is 5.41 Å². The molecule has 1 unspecified atom stereocenters. The molecule has 2 N–H and O–H groups in total. The highest BCUT2D eigenvalue weighted by atomic mass is 32.2. The normalized spacial score (nSPS) is 35.1. The molecule has 4 heteroatoms. The van der Waals surface area contributed by atoms with Crippen LogP contribution in [-0.2, 0) is 4.79 Å². The first-order chi connectivity index (χ1) is 6.98. The highest BCUT2D eigenvalue weighted by Gasteiger charge is 2.54. The lowest BCUT2D eigenvalue weighted by Gasteiger charge is -2.47. The molecule has 1 aliphatic carbocycles. The second kappa shape index (κ2) is 3.67. The van der Waals surface area contributed by atoms with Crippen LogP contribution in [0.4, 0.5) is 0 Å². The van der Waals surface area contributed by atoms with Crippen molar-refractivity contribution < 1.29 is 9.90 Å². The second-order valence-corrected chi connectivity index (χ2v) is 6.42. The molecule has 0 bridgehead atoms. The Bertz CT molecular complexity index is 276. The summed E-state index contributed by atoms with van der Waals surface area (Å²) >= 11 is 1.76. The molecule has 0 aromatic rings. The summed E-state index contributed by atoms with van der Waals surface area (Å²) in [5.41, 5.74) is -0.857. The lowest BCUT2D eigenvalue weighted by molar-refractivity contribution is -0.149. The van der Waals surface area contributed by atoms with Crippen LogP contribution in [0.25, 0.3) is 0 Å². The van der Waals surface area contributed by atoms with E-state index in [2.05, 4.69) is 19.2 Å². The van der Waals surface area contributed by atoms with Crippen molar-refractivity contribution in [3.05, 3.63) is 0 Å². The number of carboxylic acids is 1. The van der Waals surface area contributed by atoms with Gasteiger partial charge in [-0.1, -0.05) is 13.8 Å². The fourth-order valence-electron chi connectivity index (χ4n) is 2.19. The molecule has 0 amide bonds. The molecule has 3 nitrogen and oxygen atoms in total. The summed E-state index contributed by atoms with van der Waals surface area (Å²) in [5, 5.41) is 12.9. The van der Waals surface area contributed by atoms with E-state index in [0.717, 1.165) is 25.0 Å².